The van der Waals surface area contributed by atoms with E-state index in [9.17, 15) is 4.79 Å². The van der Waals surface area contributed by atoms with Gasteiger partial charge in [0.05, 0.1) is 19.3 Å². The second-order valence-corrected chi connectivity index (χ2v) is 4.08. The molecule has 2 fully saturated rings. The van der Waals surface area contributed by atoms with E-state index >= 15 is 0 Å². The van der Waals surface area contributed by atoms with Crippen molar-refractivity contribution in [3.8, 4) is 0 Å². The highest BCUT2D eigenvalue weighted by molar-refractivity contribution is 5.72. The number of nitrogens with zero attached hydrogens (tertiary/aromatic N) is 1. The zero-order valence-electron chi connectivity index (χ0n) is 8.72. The Kier molecular flexibility index (Phi) is 3.56. The van der Waals surface area contributed by atoms with Crippen LogP contribution in [0.15, 0.2) is 0 Å². The molecule has 2 aliphatic rings. The van der Waals surface area contributed by atoms with Gasteiger partial charge in [-0.05, 0) is 12.8 Å². The molecular weight excluding hydrogens is 198 g/mol. The molecule has 0 radical (unpaired) electrons. The summed E-state index contributed by atoms with van der Waals surface area (Å²) in [6.45, 7) is 4.24. The summed E-state index contributed by atoms with van der Waals surface area (Å²) in [5.41, 5.74) is 0. The van der Waals surface area contributed by atoms with Gasteiger partial charge in [-0.2, -0.15) is 0 Å². The van der Waals surface area contributed by atoms with E-state index in [4.69, 9.17) is 14.6 Å². The minimum absolute atomic E-state index is 0.0872. The standard InChI is InChI=1S/C10H17NO4/c12-10(13)9-2-1-8(15-9)7-11-3-5-14-6-4-11/h8-9H,1-7H2,(H,12,13). The summed E-state index contributed by atoms with van der Waals surface area (Å²) < 4.78 is 10.7. The van der Waals surface area contributed by atoms with Gasteiger partial charge in [0, 0.05) is 19.6 Å². The summed E-state index contributed by atoms with van der Waals surface area (Å²) in [4.78, 5) is 13.0. The van der Waals surface area contributed by atoms with Crippen LogP contribution in [-0.4, -0.2) is 61.0 Å². The molecule has 2 aliphatic heterocycles. The monoisotopic (exact) mass is 215 g/mol. The van der Waals surface area contributed by atoms with Crippen LogP contribution in [0.1, 0.15) is 12.8 Å². The summed E-state index contributed by atoms with van der Waals surface area (Å²) in [7, 11) is 0. The molecule has 0 bridgehead atoms. The smallest absolute Gasteiger partial charge is 0.332 e. The average molecular weight is 215 g/mol. The fourth-order valence-corrected chi connectivity index (χ4v) is 2.09. The minimum atomic E-state index is -0.834. The highest BCUT2D eigenvalue weighted by Gasteiger charge is 2.31. The minimum Gasteiger partial charge on any atom is -0.479 e. The fraction of sp³-hybridized carbons (Fsp3) is 0.900. The van der Waals surface area contributed by atoms with Crippen molar-refractivity contribution in [3.63, 3.8) is 0 Å². The highest BCUT2D eigenvalue weighted by atomic mass is 16.5. The molecule has 0 aliphatic carbocycles. The number of carboxylic acid groups (broad SMARTS) is 1. The van der Waals surface area contributed by atoms with Crippen LogP contribution in [0.3, 0.4) is 0 Å². The lowest BCUT2D eigenvalue weighted by molar-refractivity contribution is -0.149. The molecule has 0 saturated carbocycles. The quantitative estimate of drug-likeness (QED) is 0.715. The molecule has 86 valence electrons. The summed E-state index contributed by atoms with van der Waals surface area (Å²) in [5.74, 6) is -0.834. The van der Waals surface area contributed by atoms with E-state index in [1.165, 1.54) is 0 Å². The molecule has 2 rings (SSSR count). The molecule has 0 amide bonds. The number of hydrogen-bond donors (Lipinski definition) is 1. The van der Waals surface area contributed by atoms with Crippen LogP contribution in [0.25, 0.3) is 0 Å². The highest BCUT2D eigenvalue weighted by Crippen LogP contribution is 2.20. The Morgan fingerprint density at radius 2 is 2.07 bits per heavy atom. The Morgan fingerprint density at radius 3 is 2.67 bits per heavy atom. The van der Waals surface area contributed by atoms with Crippen molar-refractivity contribution < 1.29 is 19.4 Å². The first-order valence-electron chi connectivity index (χ1n) is 5.44. The second-order valence-electron chi connectivity index (χ2n) is 4.08. The maximum Gasteiger partial charge on any atom is 0.332 e. The van der Waals surface area contributed by atoms with E-state index in [2.05, 4.69) is 4.90 Å². The first-order chi connectivity index (χ1) is 7.25. The number of morpholine rings is 1. The lowest BCUT2D eigenvalue weighted by Gasteiger charge is -2.28. The molecule has 0 spiro atoms. The molecule has 2 saturated heterocycles. The first-order valence-corrected chi connectivity index (χ1v) is 5.44. The van der Waals surface area contributed by atoms with E-state index < -0.39 is 12.1 Å². The van der Waals surface area contributed by atoms with Gasteiger partial charge in [0.15, 0.2) is 6.10 Å². The number of ether oxygens (including phenoxy) is 2. The van der Waals surface area contributed by atoms with Crippen LogP contribution in [0.4, 0.5) is 0 Å². The molecule has 2 atom stereocenters. The van der Waals surface area contributed by atoms with E-state index in [1.807, 2.05) is 0 Å². The maximum atomic E-state index is 10.7. The molecule has 5 nitrogen and oxygen atoms in total. The van der Waals surface area contributed by atoms with Crippen LogP contribution < -0.4 is 0 Å². The van der Waals surface area contributed by atoms with Crippen LogP contribution in [-0.2, 0) is 14.3 Å². The van der Waals surface area contributed by atoms with E-state index in [0.29, 0.717) is 6.42 Å². The summed E-state index contributed by atoms with van der Waals surface area (Å²) in [6.07, 6.45) is 0.999. The Bertz CT molecular complexity index is 227. The zero-order valence-corrected chi connectivity index (χ0v) is 8.72. The van der Waals surface area contributed by atoms with Crippen molar-refractivity contribution in [2.75, 3.05) is 32.8 Å². The van der Waals surface area contributed by atoms with Gasteiger partial charge in [-0.1, -0.05) is 0 Å². The molecule has 0 aromatic heterocycles. The maximum absolute atomic E-state index is 10.7. The predicted molar refractivity (Wildman–Crippen MR) is 52.8 cm³/mol. The van der Waals surface area contributed by atoms with Crippen LogP contribution in [0.2, 0.25) is 0 Å². The van der Waals surface area contributed by atoms with Crippen molar-refractivity contribution in [3.05, 3.63) is 0 Å². The Labute approximate surface area is 89.0 Å². The zero-order chi connectivity index (χ0) is 10.7. The van der Waals surface area contributed by atoms with Gasteiger partial charge in [0.25, 0.3) is 0 Å². The number of carboxylic acids is 1. The van der Waals surface area contributed by atoms with Crippen molar-refractivity contribution in [2.45, 2.75) is 25.0 Å². The first kappa shape index (κ1) is 10.9. The molecule has 0 aromatic rings. The molecule has 1 N–H and O–H groups in total. The van der Waals surface area contributed by atoms with Gasteiger partial charge >= 0.3 is 5.97 Å². The van der Waals surface area contributed by atoms with Crippen molar-refractivity contribution >= 4 is 5.97 Å². The van der Waals surface area contributed by atoms with Crippen molar-refractivity contribution in [1.82, 2.24) is 4.90 Å². The van der Waals surface area contributed by atoms with Crippen LogP contribution in [0, 0.1) is 0 Å². The number of rotatable bonds is 3. The largest absolute Gasteiger partial charge is 0.479 e. The summed E-state index contributed by atoms with van der Waals surface area (Å²) in [6, 6.07) is 0. The van der Waals surface area contributed by atoms with Gasteiger partial charge in [0.1, 0.15) is 0 Å². The van der Waals surface area contributed by atoms with E-state index in [1.54, 1.807) is 0 Å². The molecule has 0 aromatic carbocycles. The molecule has 15 heavy (non-hydrogen) atoms. The SMILES string of the molecule is O=C(O)C1CCC(CN2CCOCC2)O1. The molecular formula is C10H17NO4. The Hall–Kier alpha value is -0.650. The average Bonchev–Trinajstić information content (AvgIpc) is 2.68. The third kappa shape index (κ3) is 2.90. The molecule has 2 heterocycles. The van der Waals surface area contributed by atoms with E-state index in [-0.39, 0.29) is 6.10 Å². The van der Waals surface area contributed by atoms with Gasteiger partial charge in [0.2, 0.25) is 0 Å². The summed E-state index contributed by atoms with van der Waals surface area (Å²) >= 11 is 0. The lowest BCUT2D eigenvalue weighted by atomic mass is 10.2. The van der Waals surface area contributed by atoms with Gasteiger partial charge in [-0.25, -0.2) is 4.79 Å². The topological polar surface area (TPSA) is 59.0 Å². The van der Waals surface area contributed by atoms with Gasteiger partial charge < -0.3 is 14.6 Å². The second kappa shape index (κ2) is 4.92. The predicted octanol–water partition coefficient (Wildman–Crippen LogP) is -0.0492. The Morgan fingerprint density at radius 1 is 1.33 bits per heavy atom. The van der Waals surface area contributed by atoms with Crippen molar-refractivity contribution in [1.29, 1.82) is 0 Å². The number of carbonyl (C=O) groups is 1. The normalized spacial score (nSPS) is 33.1. The number of aliphatic carboxylic acids is 1. The third-order valence-electron chi connectivity index (χ3n) is 2.95. The van der Waals surface area contributed by atoms with Crippen molar-refractivity contribution in [2.24, 2.45) is 0 Å². The summed E-state index contributed by atoms with van der Waals surface area (Å²) in [5, 5.41) is 8.78. The molecule has 2 unspecified atom stereocenters. The Balaban J connectivity index is 1.74. The van der Waals surface area contributed by atoms with Gasteiger partial charge in [-0.15, -0.1) is 0 Å². The lowest BCUT2D eigenvalue weighted by Crippen LogP contribution is -2.41. The van der Waals surface area contributed by atoms with Crippen LogP contribution in [0.5, 0.6) is 0 Å². The van der Waals surface area contributed by atoms with E-state index in [0.717, 1.165) is 39.3 Å². The third-order valence-corrected chi connectivity index (χ3v) is 2.95. The van der Waals surface area contributed by atoms with Gasteiger partial charge in [-0.3, -0.25) is 4.90 Å². The fourth-order valence-electron chi connectivity index (χ4n) is 2.09. The number of hydrogen-bond acceptors (Lipinski definition) is 4. The molecule has 5 heteroatoms. The van der Waals surface area contributed by atoms with Crippen LogP contribution >= 0.6 is 0 Å².